The highest BCUT2D eigenvalue weighted by atomic mass is 32.2. The standard InChI is InChI=1S/C13H23NSSi/c1-15-10-9-14-11-12-5-7-13(8-6-12)16(2,3)4/h5-8,14H,9-11H2,1-4H3. The van der Waals surface area contributed by atoms with E-state index in [-0.39, 0.29) is 0 Å². The van der Waals surface area contributed by atoms with E-state index in [9.17, 15) is 0 Å². The van der Waals surface area contributed by atoms with E-state index >= 15 is 0 Å². The molecule has 0 saturated carbocycles. The van der Waals surface area contributed by atoms with Gasteiger partial charge < -0.3 is 5.32 Å². The molecular weight excluding hydrogens is 230 g/mol. The van der Waals surface area contributed by atoms with Gasteiger partial charge in [-0.2, -0.15) is 11.8 Å². The van der Waals surface area contributed by atoms with Crippen LogP contribution in [0.2, 0.25) is 19.6 Å². The van der Waals surface area contributed by atoms with Gasteiger partial charge in [-0.1, -0.05) is 49.1 Å². The van der Waals surface area contributed by atoms with Crippen molar-refractivity contribution in [1.29, 1.82) is 0 Å². The lowest BCUT2D eigenvalue weighted by Crippen LogP contribution is -2.37. The second-order valence-corrected chi connectivity index (χ2v) is 11.2. The van der Waals surface area contributed by atoms with Crippen LogP contribution in [0.15, 0.2) is 24.3 Å². The van der Waals surface area contributed by atoms with Crippen molar-refractivity contribution in [3.05, 3.63) is 29.8 Å². The maximum Gasteiger partial charge on any atom is 0.0775 e. The molecule has 1 aromatic carbocycles. The van der Waals surface area contributed by atoms with E-state index in [1.807, 2.05) is 11.8 Å². The number of rotatable bonds is 6. The zero-order chi connectivity index (χ0) is 12.0. The van der Waals surface area contributed by atoms with Crippen LogP contribution in [-0.2, 0) is 6.54 Å². The highest BCUT2D eigenvalue weighted by Crippen LogP contribution is 2.04. The van der Waals surface area contributed by atoms with E-state index in [0.29, 0.717) is 0 Å². The Kier molecular flexibility index (Phi) is 5.59. The molecule has 0 saturated heterocycles. The highest BCUT2D eigenvalue weighted by Gasteiger charge is 2.15. The Balaban J connectivity index is 2.46. The van der Waals surface area contributed by atoms with Gasteiger partial charge in [0.05, 0.1) is 8.07 Å². The molecule has 1 aromatic rings. The van der Waals surface area contributed by atoms with Gasteiger partial charge in [0.2, 0.25) is 0 Å². The maximum atomic E-state index is 3.45. The Bertz CT molecular complexity index is 303. The van der Waals surface area contributed by atoms with Gasteiger partial charge in [0, 0.05) is 18.8 Å². The molecule has 0 aromatic heterocycles. The molecule has 1 N–H and O–H groups in total. The van der Waals surface area contributed by atoms with E-state index in [1.165, 1.54) is 11.3 Å². The zero-order valence-electron chi connectivity index (χ0n) is 10.8. The SMILES string of the molecule is CSCCNCc1ccc([Si](C)(C)C)cc1. The average Bonchev–Trinajstić information content (AvgIpc) is 2.24. The summed E-state index contributed by atoms with van der Waals surface area (Å²) in [5.41, 5.74) is 1.39. The Labute approximate surface area is 105 Å². The van der Waals surface area contributed by atoms with E-state index in [0.717, 1.165) is 13.1 Å². The van der Waals surface area contributed by atoms with Crippen molar-refractivity contribution >= 4 is 25.0 Å². The molecule has 0 aliphatic carbocycles. The van der Waals surface area contributed by atoms with Crippen molar-refractivity contribution in [1.82, 2.24) is 5.32 Å². The number of benzene rings is 1. The van der Waals surface area contributed by atoms with Crippen LogP contribution in [0.1, 0.15) is 5.56 Å². The molecule has 1 nitrogen and oxygen atoms in total. The lowest BCUT2D eigenvalue weighted by Gasteiger charge is -2.16. The summed E-state index contributed by atoms with van der Waals surface area (Å²) in [5, 5.41) is 4.99. The van der Waals surface area contributed by atoms with Crippen LogP contribution in [0.3, 0.4) is 0 Å². The minimum Gasteiger partial charge on any atom is -0.312 e. The van der Waals surface area contributed by atoms with E-state index < -0.39 is 8.07 Å². The summed E-state index contributed by atoms with van der Waals surface area (Å²) in [6.45, 7) is 9.25. The molecule has 0 unspecified atom stereocenters. The molecule has 0 spiro atoms. The molecule has 16 heavy (non-hydrogen) atoms. The average molecular weight is 253 g/mol. The Morgan fingerprint density at radius 3 is 2.25 bits per heavy atom. The van der Waals surface area contributed by atoms with Crippen LogP contribution in [0.25, 0.3) is 0 Å². The third-order valence-corrected chi connectivity index (χ3v) is 5.31. The van der Waals surface area contributed by atoms with E-state index in [4.69, 9.17) is 0 Å². The number of nitrogens with one attached hydrogen (secondary N) is 1. The van der Waals surface area contributed by atoms with Crippen LogP contribution < -0.4 is 10.5 Å². The predicted molar refractivity (Wildman–Crippen MR) is 79.5 cm³/mol. The molecule has 0 aliphatic rings. The third-order valence-electron chi connectivity index (χ3n) is 2.63. The Morgan fingerprint density at radius 2 is 1.75 bits per heavy atom. The van der Waals surface area contributed by atoms with Crippen LogP contribution >= 0.6 is 11.8 Å². The Morgan fingerprint density at radius 1 is 1.12 bits per heavy atom. The zero-order valence-corrected chi connectivity index (χ0v) is 12.7. The first-order valence-electron chi connectivity index (χ1n) is 5.83. The van der Waals surface area contributed by atoms with Crippen LogP contribution in [0.5, 0.6) is 0 Å². The smallest absolute Gasteiger partial charge is 0.0775 e. The summed E-state index contributed by atoms with van der Waals surface area (Å²) in [6, 6.07) is 9.13. The molecule has 3 heteroatoms. The van der Waals surface area contributed by atoms with Crippen LogP contribution in [0, 0.1) is 0 Å². The van der Waals surface area contributed by atoms with E-state index in [2.05, 4.69) is 55.5 Å². The third kappa shape index (κ3) is 4.72. The fraction of sp³-hybridized carbons (Fsp3) is 0.538. The fourth-order valence-electron chi connectivity index (χ4n) is 1.53. The summed E-state index contributed by atoms with van der Waals surface area (Å²) in [5.74, 6) is 1.19. The summed E-state index contributed by atoms with van der Waals surface area (Å²) in [4.78, 5) is 0. The second-order valence-electron chi connectivity index (χ2n) is 5.12. The molecule has 0 heterocycles. The van der Waals surface area contributed by atoms with Crippen molar-refractivity contribution < 1.29 is 0 Å². The normalized spacial score (nSPS) is 11.8. The Hall–Kier alpha value is -0.253. The van der Waals surface area contributed by atoms with Crippen molar-refractivity contribution in [2.24, 2.45) is 0 Å². The molecule has 0 fully saturated rings. The maximum absolute atomic E-state index is 3.45. The first kappa shape index (κ1) is 13.8. The van der Waals surface area contributed by atoms with Gasteiger partial charge in [0.25, 0.3) is 0 Å². The van der Waals surface area contributed by atoms with Crippen molar-refractivity contribution in [3.63, 3.8) is 0 Å². The first-order chi connectivity index (χ1) is 7.54. The molecule has 90 valence electrons. The van der Waals surface area contributed by atoms with Crippen LogP contribution in [-0.4, -0.2) is 26.6 Å². The lowest BCUT2D eigenvalue weighted by atomic mass is 10.2. The van der Waals surface area contributed by atoms with Gasteiger partial charge in [0.15, 0.2) is 0 Å². The lowest BCUT2D eigenvalue weighted by molar-refractivity contribution is 0.732. The largest absolute Gasteiger partial charge is 0.312 e. The van der Waals surface area contributed by atoms with Gasteiger partial charge in [-0.3, -0.25) is 0 Å². The molecule has 1 rings (SSSR count). The predicted octanol–water partition coefficient (Wildman–Crippen LogP) is 2.68. The molecule has 0 aliphatic heterocycles. The van der Waals surface area contributed by atoms with Gasteiger partial charge in [-0.05, 0) is 11.8 Å². The van der Waals surface area contributed by atoms with Crippen molar-refractivity contribution in [2.75, 3.05) is 18.6 Å². The number of thioether (sulfide) groups is 1. The molecule has 0 atom stereocenters. The second kappa shape index (κ2) is 6.47. The van der Waals surface area contributed by atoms with Gasteiger partial charge in [-0.15, -0.1) is 0 Å². The summed E-state index contributed by atoms with van der Waals surface area (Å²) < 4.78 is 0. The topological polar surface area (TPSA) is 12.0 Å². The number of hydrogen-bond acceptors (Lipinski definition) is 2. The molecule has 0 radical (unpaired) electrons. The highest BCUT2D eigenvalue weighted by molar-refractivity contribution is 7.98. The van der Waals surface area contributed by atoms with Gasteiger partial charge in [-0.25, -0.2) is 0 Å². The van der Waals surface area contributed by atoms with E-state index in [1.54, 1.807) is 5.19 Å². The minimum absolute atomic E-state index is 0.993. The summed E-state index contributed by atoms with van der Waals surface area (Å²) >= 11 is 1.89. The number of hydrogen-bond donors (Lipinski definition) is 1. The summed E-state index contributed by atoms with van der Waals surface area (Å²) in [6.07, 6.45) is 2.14. The van der Waals surface area contributed by atoms with Crippen LogP contribution in [0.4, 0.5) is 0 Å². The summed E-state index contributed by atoms with van der Waals surface area (Å²) in [7, 11) is -1.12. The van der Waals surface area contributed by atoms with Gasteiger partial charge in [0.1, 0.15) is 0 Å². The van der Waals surface area contributed by atoms with Crippen molar-refractivity contribution in [3.8, 4) is 0 Å². The monoisotopic (exact) mass is 253 g/mol. The fourth-order valence-corrected chi connectivity index (χ4v) is 3.04. The van der Waals surface area contributed by atoms with Gasteiger partial charge >= 0.3 is 0 Å². The van der Waals surface area contributed by atoms with Crippen molar-refractivity contribution in [2.45, 2.75) is 26.2 Å². The quantitative estimate of drug-likeness (QED) is 0.618. The first-order valence-corrected chi connectivity index (χ1v) is 10.7. The molecular formula is C13H23NSSi. The molecule has 0 amide bonds. The molecule has 0 bridgehead atoms. The minimum atomic E-state index is -1.12.